The van der Waals surface area contributed by atoms with Crippen LogP contribution >= 0.6 is 12.2 Å². The summed E-state index contributed by atoms with van der Waals surface area (Å²) >= 11 is 5.39. The molecule has 3 atom stereocenters. The zero-order chi connectivity index (χ0) is 20.5. The molecule has 150 valence electrons. The van der Waals surface area contributed by atoms with Gasteiger partial charge in [0.25, 0.3) is 11.5 Å². The smallest absolute Gasteiger partial charge is 0.266 e. The summed E-state index contributed by atoms with van der Waals surface area (Å²) in [5.74, 6) is 1.03. The van der Waals surface area contributed by atoms with Gasteiger partial charge in [-0.1, -0.05) is 38.8 Å². The molecule has 5 nitrogen and oxygen atoms in total. The highest BCUT2D eigenvalue weighted by atomic mass is 32.1. The van der Waals surface area contributed by atoms with Crippen LogP contribution in [0.1, 0.15) is 43.5 Å². The van der Waals surface area contributed by atoms with E-state index < -0.39 is 0 Å². The van der Waals surface area contributed by atoms with Crippen LogP contribution < -0.4 is 10.9 Å². The van der Waals surface area contributed by atoms with E-state index in [0.29, 0.717) is 38.8 Å². The fourth-order valence-corrected chi connectivity index (χ4v) is 4.49. The molecule has 1 aliphatic carbocycles. The normalized spacial score (nSPS) is 21.8. The second kappa shape index (κ2) is 7.95. The van der Waals surface area contributed by atoms with Crippen molar-refractivity contribution in [2.75, 3.05) is 0 Å². The van der Waals surface area contributed by atoms with Crippen LogP contribution in [-0.2, 0) is 0 Å². The predicted molar refractivity (Wildman–Crippen MR) is 118 cm³/mol. The molecule has 0 aliphatic heterocycles. The van der Waals surface area contributed by atoms with E-state index in [1.165, 1.54) is 11.0 Å². The maximum atomic E-state index is 12.9. The van der Waals surface area contributed by atoms with Gasteiger partial charge in [-0.25, -0.2) is 0 Å². The van der Waals surface area contributed by atoms with Crippen molar-refractivity contribution in [2.24, 2.45) is 11.8 Å². The molecule has 29 heavy (non-hydrogen) atoms. The Morgan fingerprint density at radius 2 is 1.83 bits per heavy atom. The minimum atomic E-state index is -0.174. The van der Waals surface area contributed by atoms with E-state index in [1.54, 1.807) is 30.3 Å². The highest BCUT2D eigenvalue weighted by molar-refractivity contribution is 7.71. The summed E-state index contributed by atoms with van der Waals surface area (Å²) in [6.45, 7) is 4.47. The van der Waals surface area contributed by atoms with Crippen LogP contribution in [-0.4, -0.2) is 21.5 Å². The monoisotopic (exact) mass is 407 g/mol. The van der Waals surface area contributed by atoms with Gasteiger partial charge in [0, 0.05) is 11.6 Å². The molecular formula is C23H25N3O2S. The van der Waals surface area contributed by atoms with Crippen molar-refractivity contribution in [1.29, 1.82) is 0 Å². The van der Waals surface area contributed by atoms with E-state index >= 15 is 0 Å². The highest BCUT2D eigenvalue weighted by Gasteiger charge is 2.28. The number of hydrogen-bond donors (Lipinski definition) is 2. The number of para-hydroxylation sites is 1. The average Bonchev–Trinajstić information content (AvgIpc) is 2.72. The molecule has 1 fully saturated rings. The van der Waals surface area contributed by atoms with Crippen LogP contribution in [0.5, 0.6) is 0 Å². The van der Waals surface area contributed by atoms with Crippen molar-refractivity contribution >= 4 is 29.0 Å². The highest BCUT2D eigenvalue weighted by Crippen LogP contribution is 2.29. The molecule has 0 bridgehead atoms. The Kier molecular flexibility index (Phi) is 5.37. The number of carbonyl (C=O) groups excluding carboxylic acids is 1. The molecule has 2 aromatic carbocycles. The first-order valence-electron chi connectivity index (χ1n) is 10.1. The molecule has 0 saturated heterocycles. The number of amides is 1. The molecule has 3 unspecified atom stereocenters. The van der Waals surface area contributed by atoms with Gasteiger partial charge < -0.3 is 10.3 Å². The first kappa shape index (κ1) is 19.6. The summed E-state index contributed by atoms with van der Waals surface area (Å²) in [7, 11) is 0. The fraction of sp³-hybridized carbons (Fsp3) is 0.348. The van der Waals surface area contributed by atoms with Gasteiger partial charge in [-0.3, -0.25) is 14.2 Å². The Bertz CT molecular complexity index is 1160. The molecule has 1 saturated carbocycles. The topological polar surface area (TPSA) is 66.9 Å². The second-order valence-electron chi connectivity index (χ2n) is 8.01. The van der Waals surface area contributed by atoms with E-state index in [2.05, 4.69) is 24.1 Å². The van der Waals surface area contributed by atoms with Crippen LogP contribution in [0.15, 0.2) is 53.3 Å². The SMILES string of the molecule is CC1CCCC(NC(=O)c2ccc(-n3c(=S)[nH]c4ccccc4c3=O)cc2)C1C. The van der Waals surface area contributed by atoms with E-state index in [0.717, 1.165) is 12.8 Å². The lowest BCUT2D eigenvalue weighted by Crippen LogP contribution is -2.43. The maximum Gasteiger partial charge on any atom is 0.266 e. The van der Waals surface area contributed by atoms with Crippen molar-refractivity contribution in [3.8, 4) is 5.69 Å². The number of rotatable bonds is 3. The minimum Gasteiger partial charge on any atom is -0.349 e. The number of aromatic nitrogens is 2. The first-order valence-corrected chi connectivity index (χ1v) is 10.5. The number of H-pyrrole nitrogens is 1. The molecule has 1 aliphatic rings. The number of carbonyl (C=O) groups is 1. The zero-order valence-electron chi connectivity index (χ0n) is 16.6. The molecule has 1 aromatic heterocycles. The third-order valence-corrected chi connectivity index (χ3v) is 6.50. The van der Waals surface area contributed by atoms with Gasteiger partial charge >= 0.3 is 0 Å². The van der Waals surface area contributed by atoms with Gasteiger partial charge in [0.05, 0.1) is 16.6 Å². The van der Waals surface area contributed by atoms with Crippen LogP contribution in [0.3, 0.4) is 0 Å². The number of hydrogen-bond acceptors (Lipinski definition) is 3. The summed E-state index contributed by atoms with van der Waals surface area (Å²) in [6.07, 6.45) is 3.40. The van der Waals surface area contributed by atoms with Crippen LogP contribution in [0.4, 0.5) is 0 Å². The van der Waals surface area contributed by atoms with Crippen molar-refractivity contribution in [3.63, 3.8) is 0 Å². The van der Waals surface area contributed by atoms with Crippen molar-refractivity contribution < 1.29 is 4.79 Å². The van der Waals surface area contributed by atoms with Gasteiger partial charge in [-0.15, -0.1) is 0 Å². The summed E-state index contributed by atoms with van der Waals surface area (Å²) in [5.41, 5.74) is 1.76. The molecule has 4 rings (SSSR count). The lowest BCUT2D eigenvalue weighted by atomic mass is 9.78. The second-order valence-corrected chi connectivity index (χ2v) is 8.40. The lowest BCUT2D eigenvalue weighted by molar-refractivity contribution is 0.0891. The van der Waals surface area contributed by atoms with Gasteiger partial charge in [0.2, 0.25) is 0 Å². The van der Waals surface area contributed by atoms with E-state index in [4.69, 9.17) is 12.2 Å². The molecule has 1 heterocycles. The number of nitrogens with one attached hydrogen (secondary N) is 2. The summed E-state index contributed by atoms with van der Waals surface area (Å²) < 4.78 is 1.79. The predicted octanol–water partition coefficient (Wildman–Crippen LogP) is 4.60. The van der Waals surface area contributed by atoms with E-state index in [9.17, 15) is 9.59 Å². The van der Waals surface area contributed by atoms with Crippen molar-refractivity contribution in [3.05, 3.63) is 69.2 Å². The van der Waals surface area contributed by atoms with Crippen molar-refractivity contribution in [1.82, 2.24) is 14.9 Å². The largest absolute Gasteiger partial charge is 0.349 e. The number of fused-ring (bicyclic) bond motifs is 1. The molecule has 2 N–H and O–H groups in total. The summed E-state index contributed by atoms with van der Waals surface area (Å²) in [4.78, 5) is 28.7. The van der Waals surface area contributed by atoms with Crippen molar-refractivity contribution in [2.45, 2.75) is 39.2 Å². The number of nitrogens with zero attached hydrogens (tertiary/aromatic N) is 1. The summed E-state index contributed by atoms with van der Waals surface area (Å²) in [5, 5.41) is 3.76. The Labute approximate surface area is 174 Å². The maximum absolute atomic E-state index is 12.9. The molecule has 3 aromatic rings. The standard InChI is InChI=1S/C23H25N3O2S/c1-14-6-5-9-19(15(14)2)24-21(27)16-10-12-17(13-11-16)26-22(28)18-7-3-4-8-20(18)25-23(26)29/h3-4,7-8,10-15,19H,5-6,9H2,1-2H3,(H,24,27)(H,25,29). The number of benzene rings is 2. The molecule has 0 spiro atoms. The summed E-state index contributed by atoms with van der Waals surface area (Å²) in [6, 6.07) is 14.5. The molecule has 1 amide bonds. The number of aromatic amines is 1. The fourth-order valence-electron chi connectivity index (χ4n) is 4.20. The Hall–Kier alpha value is -2.73. The minimum absolute atomic E-state index is 0.0708. The molecule has 6 heteroatoms. The third kappa shape index (κ3) is 3.77. The Morgan fingerprint density at radius 3 is 2.59 bits per heavy atom. The molecular weight excluding hydrogens is 382 g/mol. The average molecular weight is 408 g/mol. The van der Waals surface area contributed by atoms with Crippen LogP contribution in [0, 0.1) is 16.6 Å². The lowest BCUT2D eigenvalue weighted by Gasteiger charge is -2.34. The van der Waals surface area contributed by atoms with Crippen LogP contribution in [0.25, 0.3) is 16.6 Å². The molecule has 0 radical (unpaired) electrons. The van der Waals surface area contributed by atoms with Gasteiger partial charge in [-0.2, -0.15) is 0 Å². The first-order chi connectivity index (χ1) is 14.0. The third-order valence-electron chi connectivity index (χ3n) is 6.22. The van der Waals surface area contributed by atoms with Crippen LogP contribution in [0.2, 0.25) is 0 Å². The van der Waals surface area contributed by atoms with E-state index in [-0.39, 0.29) is 17.5 Å². The van der Waals surface area contributed by atoms with E-state index in [1.807, 2.05) is 18.2 Å². The Balaban J connectivity index is 1.60. The quantitative estimate of drug-likeness (QED) is 0.624. The van der Waals surface area contributed by atoms with Gasteiger partial charge in [0.15, 0.2) is 4.77 Å². The van der Waals surface area contributed by atoms with Gasteiger partial charge in [-0.05, 0) is 66.9 Å². The Morgan fingerprint density at radius 1 is 1.10 bits per heavy atom. The zero-order valence-corrected chi connectivity index (χ0v) is 17.5. The van der Waals surface area contributed by atoms with Gasteiger partial charge in [0.1, 0.15) is 0 Å².